The van der Waals surface area contributed by atoms with Crippen molar-refractivity contribution in [1.29, 1.82) is 0 Å². The summed E-state index contributed by atoms with van der Waals surface area (Å²) in [6, 6.07) is 18.0. The number of hydrogen-bond acceptors (Lipinski definition) is 4. The predicted molar refractivity (Wildman–Crippen MR) is 110 cm³/mol. The summed E-state index contributed by atoms with van der Waals surface area (Å²) in [6.07, 6.45) is 0. The lowest BCUT2D eigenvalue weighted by Crippen LogP contribution is -2.14. The minimum atomic E-state index is -0.142. The minimum absolute atomic E-state index is 0.0969. The van der Waals surface area contributed by atoms with Crippen LogP contribution in [0, 0.1) is 0 Å². The molecule has 1 aromatic heterocycles. The van der Waals surface area contributed by atoms with Crippen molar-refractivity contribution in [2.45, 2.75) is 4.90 Å². The minimum Gasteiger partial charge on any atom is -0.325 e. The summed E-state index contributed by atoms with van der Waals surface area (Å²) in [5, 5.41) is 8.18. The molecule has 0 atom stereocenters. The van der Waals surface area contributed by atoms with Gasteiger partial charge in [0.25, 0.3) is 5.91 Å². The predicted octanol–water partition coefficient (Wildman–Crippen LogP) is 5.38. The van der Waals surface area contributed by atoms with Gasteiger partial charge in [0.05, 0.1) is 10.6 Å². The molecule has 2 aromatic carbocycles. The lowest BCUT2D eigenvalue weighted by molar-refractivity contribution is -0.113. The molecule has 1 heterocycles. The maximum Gasteiger partial charge on any atom is 0.265 e. The van der Waals surface area contributed by atoms with Gasteiger partial charge in [-0.1, -0.05) is 17.7 Å². The van der Waals surface area contributed by atoms with Gasteiger partial charge < -0.3 is 10.6 Å². The molecular weight excluding hydrogens is 388 g/mol. The van der Waals surface area contributed by atoms with Crippen molar-refractivity contribution in [3.05, 3.63) is 75.9 Å². The van der Waals surface area contributed by atoms with Gasteiger partial charge in [0.1, 0.15) is 0 Å². The van der Waals surface area contributed by atoms with Crippen molar-refractivity contribution in [3.63, 3.8) is 0 Å². The number of rotatable bonds is 6. The van der Waals surface area contributed by atoms with E-state index in [4.69, 9.17) is 11.6 Å². The molecule has 0 unspecified atom stereocenters. The van der Waals surface area contributed by atoms with Crippen molar-refractivity contribution in [1.82, 2.24) is 0 Å². The van der Waals surface area contributed by atoms with Crippen molar-refractivity contribution < 1.29 is 9.59 Å². The van der Waals surface area contributed by atoms with E-state index in [2.05, 4.69) is 10.6 Å². The third-order valence-corrected chi connectivity index (χ3v) is 5.49. The van der Waals surface area contributed by atoms with Crippen LogP contribution >= 0.6 is 34.7 Å². The standard InChI is InChI=1S/C19H15ClN2O2S2/c20-13-3-9-16(10-4-13)26-12-18(23)21-14-5-7-15(8-6-14)22-19(24)17-2-1-11-25-17/h1-11H,12H2,(H,21,23)(H,22,24). The van der Waals surface area contributed by atoms with E-state index in [1.807, 2.05) is 23.6 Å². The number of thioether (sulfide) groups is 1. The first kappa shape index (κ1) is 18.5. The largest absolute Gasteiger partial charge is 0.325 e. The highest BCUT2D eigenvalue weighted by Gasteiger charge is 2.07. The van der Waals surface area contributed by atoms with Crippen molar-refractivity contribution in [2.75, 3.05) is 16.4 Å². The van der Waals surface area contributed by atoms with Crippen LogP contribution in [0.4, 0.5) is 11.4 Å². The molecule has 2 amide bonds. The number of amides is 2. The van der Waals surface area contributed by atoms with Crippen molar-refractivity contribution in [3.8, 4) is 0 Å². The second kappa shape index (κ2) is 8.89. The van der Waals surface area contributed by atoms with E-state index in [1.165, 1.54) is 23.1 Å². The van der Waals surface area contributed by atoms with Crippen LogP contribution in [0.3, 0.4) is 0 Å². The molecule has 0 bridgehead atoms. The molecule has 0 radical (unpaired) electrons. The fourth-order valence-electron chi connectivity index (χ4n) is 2.11. The molecule has 0 saturated carbocycles. The Morgan fingerprint density at radius 3 is 2.19 bits per heavy atom. The van der Waals surface area contributed by atoms with Gasteiger partial charge in [-0.15, -0.1) is 23.1 Å². The summed E-state index contributed by atoms with van der Waals surface area (Å²) in [4.78, 5) is 25.7. The Balaban J connectivity index is 1.49. The zero-order valence-electron chi connectivity index (χ0n) is 13.6. The third kappa shape index (κ3) is 5.36. The average Bonchev–Trinajstić information content (AvgIpc) is 3.18. The molecule has 3 aromatic rings. The van der Waals surface area contributed by atoms with E-state index in [-0.39, 0.29) is 11.8 Å². The van der Waals surface area contributed by atoms with E-state index in [1.54, 1.807) is 42.5 Å². The van der Waals surface area contributed by atoms with Gasteiger partial charge in [0.15, 0.2) is 0 Å². The number of benzene rings is 2. The Hall–Kier alpha value is -2.28. The monoisotopic (exact) mass is 402 g/mol. The molecule has 0 aliphatic carbocycles. The summed E-state index contributed by atoms with van der Waals surface area (Å²) in [7, 11) is 0. The van der Waals surface area contributed by atoms with Gasteiger partial charge in [-0.05, 0) is 60.0 Å². The molecule has 2 N–H and O–H groups in total. The fourth-order valence-corrected chi connectivity index (χ4v) is 3.56. The Morgan fingerprint density at radius 1 is 0.923 bits per heavy atom. The van der Waals surface area contributed by atoms with E-state index in [9.17, 15) is 9.59 Å². The van der Waals surface area contributed by atoms with Gasteiger partial charge in [-0.25, -0.2) is 0 Å². The maximum absolute atomic E-state index is 12.0. The molecule has 26 heavy (non-hydrogen) atoms. The first-order valence-electron chi connectivity index (χ1n) is 7.73. The highest BCUT2D eigenvalue weighted by Crippen LogP contribution is 2.21. The zero-order valence-corrected chi connectivity index (χ0v) is 16.0. The number of anilines is 2. The summed E-state index contributed by atoms with van der Waals surface area (Å²) < 4.78 is 0. The molecule has 7 heteroatoms. The summed E-state index contributed by atoms with van der Waals surface area (Å²) in [5.41, 5.74) is 1.36. The number of thiophene rings is 1. The summed E-state index contributed by atoms with van der Waals surface area (Å²) in [5.74, 6) is 0.0647. The number of halogens is 1. The Morgan fingerprint density at radius 2 is 1.58 bits per heavy atom. The van der Waals surface area contributed by atoms with Crippen LogP contribution in [0.2, 0.25) is 5.02 Å². The van der Waals surface area contributed by atoms with Crippen LogP contribution in [0.15, 0.2) is 70.9 Å². The molecule has 0 saturated heterocycles. The molecule has 3 rings (SSSR count). The Bertz CT molecular complexity index is 879. The maximum atomic E-state index is 12.0. The lowest BCUT2D eigenvalue weighted by Gasteiger charge is -2.07. The van der Waals surface area contributed by atoms with E-state index >= 15 is 0 Å². The molecule has 0 fully saturated rings. The number of hydrogen-bond donors (Lipinski definition) is 2. The molecule has 132 valence electrons. The zero-order chi connectivity index (χ0) is 18.4. The number of carbonyl (C=O) groups excluding carboxylic acids is 2. The van der Waals surface area contributed by atoms with Crippen LogP contribution in [-0.4, -0.2) is 17.6 Å². The SMILES string of the molecule is O=C(CSc1ccc(Cl)cc1)Nc1ccc(NC(=O)c2cccs2)cc1. The van der Waals surface area contributed by atoms with Crippen LogP contribution in [0.5, 0.6) is 0 Å². The van der Waals surface area contributed by atoms with Crippen LogP contribution in [-0.2, 0) is 4.79 Å². The highest BCUT2D eigenvalue weighted by molar-refractivity contribution is 8.00. The first-order chi connectivity index (χ1) is 12.6. The number of nitrogens with one attached hydrogen (secondary N) is 2. The summed E-state index contributed by atoms with van der Waals surface area (Å²) in [6.45, 7) is 0. The Labute approximate surface area is 164 Å². The van der Waals surface area contributed by atoms with E-state index < -0.39 is 0 Å². The Kier molecular flexibility index (Phi) is 6.33. The van der Waals surface area contributed by atoms with E-state index in [0.717, 1.165) is 4.90 Å². The fraction of sp³-hybridized carbons (Fsp3) is 0.0526. The van der Waals surface area contributed by atoms with Gasteiger partial charge in [-0.3, -0.25) is 9.59 Å². The second-order valence-electron chi connectivity index (χ2n) is 5.30. The highest BCUT2D eigenvalue weighted by atomic mass is 35.5. The van der Waals surface area contributed by atoms with Crippen LogP contribution in [0.1, 0.15) is 9.67 Å². The lowest BCUT2D eigenvalue weighted by atomic mass is 10.2. The first-order valence-corrected chi connectivity index (χ1v) is 9.97. The van der Waals surface area contributed by atoms with Crippen molar-refractivity contribution >= 4 is 57.9 Å². The van der Waals surface area contributed by atoms with Crippen LogP contribution < -0.4 is 10.6 Å². The molecular formula is C19H15ClN2O2S2. The van der Waals surface area contributed by atoms with Gasteiger partial charge in [-0.2, -0.15) is 0 Å². The molecule has 0 aliphatic heterocycles. The van der Waals surface area contributed by atoms with Gasteiger partial charge >= 0.3 is 0 Å². The molecule has 0 spiro atoms. The normalized spacial score (nSPS) is 10.3. The average molecular weight is 403 g/mol. The summed E-state index contributed by atoms with van der Waals surface area (Å²) >= 11 is 8.67. The second-order valence-corrected chi connectivity index (χ2v) is 7.73. The smallest absolute Gasteiger partial charge is 0.265 e. The third-order valence-electron chi connectivity index (χ3n) is 3.36. The van der Waals surface area contributed by atoms with Gasteiger partial charge in [0, 0.05) is 21.3 Å². The van der Waals surface area contributed by atoms with Crippen molar-refractivity contribution in [2.24, 2.45) is 0 Å². The topological polar surface area (TPSA) is 58.2 Å². The van der Waals surface area contributed by atoms with Gasteiger partial charge in [0.2, 0.25) is 5.91 Å². The quantitative estimate of drug-likeness (QED) is 0.544. The number of carbonyl (C=O) groups is 2. The van der Waals surface area contributed by atoms with E-state index in [0.29, 0.717) is 27.0 Å². The molecule has 0 aliphatic rings. The molecule has 4 nitrogen and oxygen atoms in total. The van der Waals surface area contributed by atoms with Crippen LogP contribution in [0.25, 0.3) is 0 Å².